The molecule has 106 valence electrons. The van der Waals surface area contributed by atoms with Crippen LogP contribution in [0.15, 0.2) is 9.90 Å². The molecule has 5 nitrogen and oxygen atoms in total. The number of hydrogen-bond acceptors (Lipinski definition) is 6. The third kappa shape index (κ3) is 3.12. The van der Waals surface area contributed by atoms with Gasteiger partial charge in [-0.05, 0) is 19.8 Å². The Bertz CT molecular complexity index is 605. The fraction of sp³-hybridized carbons (Fsp3) is 0.571. The Morgan fingerprint density at radius 2 is 2.30 bits per heavy atom. The van der Waals surface area contributed by atoms with Crippen molar-refractivity contribution >= 4 is 17.1 Å². The molecule has 2 heterocycles. The first kappa shape index (κ1) is 13.4. The van der Waals surface area contributed by atoms with Gasteiger partial charge in [-0.2, -0.15) is 4.98 Å². The molecule has 0 radical (unpaired) electrons. The van der Waals surface area contributed by atoms with E-state index in [2.05, 4.69) is 15.1 Å². The summed E-state index contributed by atoms with van der Waals surface area (Å²) in [6, 6.07) is 0. The van der Waals surface area contributed by atoms with E-state index in [1.165, 1.54) is 0 Å². The van der Waals surface area contributed by atoms with Gasteiger partial charge in [0.15, 0.2) is 5.82 Å². The van der Waals surface area contributed by atoms with Crippen molar-refractivity contribution in [1.29, 1.82) is 0 Å². The molecule has 0 bridgehead atoms. The van der Waals surface area contributed by atoms with Crippen molar-refractivity contribution in [3.63, 3.8) is 0 Å². The maximum atomic E-state index is 11.8. The lowest BCUT2D eigenvalue weighted by Crippen LogP contribution is -2.21. The number of Topliss-reactive ketones (excluding diaryl/α,β-unsaturated/α-hetero) is 1. The average molecular weight is 291 g/mol. The van der Waals surface area contributed by atoms with Gasteiger partial charge >= 0.3 is 0 Å². The molecule has 1 atom stereocenters. The quantitative estimate of drug-likeness (QED) is 0.866. The van der Waals surface area contributed by atoms with Gasteiger partial charge in [0.1, 0.15) is 10.8 Å². The van der Waals surface area contributed by atoms with Crippen molar-refractivity contribution in [3.8, 4) is 0 Å². The number of carbonyl (C=O) groups is 1. The van der Waals surface area contributed by atoms with Crippen molar-refractivity contribution in [2.45, 2.75) is 45.4 Å². The van der Waals surface area contributed by atoms with Crippen LogP contribution in [0.4, 0.5) is 0 Å². The van der Waals surface area contributed by atoms with Crippen LogP contribution < -0.4 is 0 Å². The molecule has 2 aromatic rings. The minimum atomic E-state index is 0.0687. The first-order valence-electron chi connectivity index (χ1n) is 6.96. The number of hydrogen-bond donors (Lipinski definition) is 0. The number of aromatic nitrogens is 3. The summed E-state index contributed by atoms with van der Waals surface area (Å²) in [6.07, 6.45) is 4.97. The lowest BCUT2D eigenvalue weighted by Gasteiger charge is -2.18. The van der Waals surface area contributed by atoms with Crippen LogP contribution in [0.2, 0.25) is 0 Å². The summed E-state index contributed by atoms with van der Waals surface area (Å²) in [6.45, 7) is 1.97. The zero-order valence-corrected chi connectivity index (χ0v) is 12.3. The number of thiazole rings is 1. The first-order chi connectivity index (χ1) is 9.70. The van der Waals surface area contributed by atoms with Gasteiger partial charge in [-0.25, -0.2) is 4.98 Å². The van der Waals surface area contributed by atoms with Gasteiger partial charge in [-0.15, -0.1) is 11.3 Å². The van der Waals surface area contributed by atoms with Gasteiger partial charge in [0, 0.05) is 29.8 Å². The van der Waals surface area contributed by atoms with Crippen LogP contribution in [0.25, 0.3) is 0 Å². The van der Waals surface area contributed by atoms with Gasteiger partial charge in [-0.3, -0.25) is 4.79 Å². The molecule has 0 amide bonds. The lowest BCUT2D eigenvalue weighted by molar-refractivity contribution is -0.124. The molecule has 1 saturated carbocycles. The smallest absolute Gasteiger partial charge is 0.227 e. The zero-order valence-electron chi connectivity index (χ0n) is 11.5. The van der Waals surface area contributed by atoms with E-state index < -0.39 is 0 Å². The maximum Gasteiger partial charge on any atom is 0.227 e. The van der Waals surface area contributed by atoms with Gasteiger partial charge in [0.2, 0.25) is 5.89 Å². The van der Waals surface area contributed by atoms with Crippen molar-refractivity contribution in [1.82, 2.24) is 15.1 Å². The van der Waals surface area contributed by atoms with Gasteiger partial charge < -0.3 is 4.52 Å². The van der Waals surface area contributed by atoms with E-state index in [1.807, 2.05) is 12.3 Å². The number of aryl methyl sites for hydroxylation is 1. The molecule has 0 saturated heterocycles. The summed E-state index contributed by atoms with van der Waals surface area (Å²) in [5.74, 6) is 1.64. The standard InChI is InChI=1S/C14H17N3O2S/c1-9-8-20-14(15-9)7-12-16-13(19-17-12)6-10-4-2-3-5-11(10)18/h8,10H,2-7H2,1H3. The van der Waals surface area contributed by atoms with E-state index in [9.17, 15) is 4.79 Å². The normalized spacial score (nSPS) is 19.4. The predicted octanol–water partition coefficient (Wildman–Crippen LogP) is 2.73. The van der Waals surface area contributed by atoms with Crippen LogP contribution in [-0.2, 0) is 17.6 Å². The molecule has 1 aliphatic rings. The average Bonchev–Trinajstić information content (AvgIpc) is 3.02. The Morgan fingerprint density at radius 1 is 1.40 bits per heavy atom. The van der Waals surface area contributed by atoms with Crippen LogP contribution >= 0.6 is 11.3 Å². The third-order valence-corrected chi connectivity index (χ3v) is 4.55. The summed E-state index contributed by atoms with van der Waals surface area (Å²) in [4.78, 5) is 20.6. The molecule has 0 aromatic carbocycles. The molecule has 3 rings (SSSR count). The minimum absolute atomic E-state index is 0.0687. The van der Waals surface area contributed by atoms with E-state index in [-0.39, 0.29) is 5.92 Å². The molecule has 1 unspecified atom stereocenters. The highest BCUT2D eigenvalue weighted by molar-refractivity contribution is 7.09. The van der Waals surface area contributed by atoms with E-state index in [1.54, 1.807) is 11.3 Å². The Kier molecular flexibility index (Phi) is 3.91. The molecular weight excluding hydrogens is 274 g/mol. The Morgan fingerprint density at radius 3 is 3.05 bits per heavy atom. The summed E-state index contributed by atoms with van der Waals surface area (Å²) in [7, 11) is 0. The summed E-state index contributed by atoms with van der Waals surface area (Å²) in [5.41, 5.74) is 1.02. The molecule has 0 N–H and O–H groups in total. The van der Waals surface area contributed by atoms with E-state index >= 15 is 0 Å². The molecule has 20 heavy (non-hydrogen) atoms. The van der Waals surface area contributed by atoms with Gasteiger partial charge in [0.25, 0.3) is 0 Å². The Balaban J connectivity index is 1.63. The number of carbonyl (C=O) groups excluding carboxylic acids is 1. The minimum Gasteiger partial charge on any atom is -0.339 e. The monoisotopic (exact) mass is 291 g/mol. The molecule has 2 aromatic heterocycles. The van der Waals surface area contributed by atoms with E-state index in [0.717, 1.165) is 30.0 Å². The van der Waals surface area contributed by atoms with Crippen LogP contribution in [0.5, 0.6) is 0 Å². The van der Waals surface area contributed by atoms with E-state index in [4.69, 9.17) is 4.52 Å². The van der Waals surface area contributed by atoms with Crippen LogP contribution in [0, 0.1) is 12.8 Å². The van der Waals surface area contributed by atoms with Crippen LogP contribution in [0.3, 0.4) is 0 Å². The highest BCUT2D eigenvalue weighted by Crippen LogP contribution is 2.23. The Hall–Kier alpha value is -1.56. The largest absolute Gasteiger partial charge is 0.339 e. The second-order valence-electron chi connectivity index (χ2n) is 5.28. The van der Waals surface area contributed by atoms with Crippen molar-refractivity contribution < 1.29 is 9.32 Å². The van der Waals surface area contributed by atoms with Gasteiger partial charge in [0.05, 0.1) is 6.42 Å². The highest BCUT2D eigenvalue weighted by atomic mass is 32.1. The van der Waals surface area contributed by atoms with Crippen molar-refractivity contribution in [3.05, 3.63) is 27.8 Å². The number of rotatable bonds is 4. The topological polar surface area (TPSA) is 68.9 Å². The molecule has 0 aliphatic heterocycles. The van der Waals surface area contributed by atoms with Crippen LogP contribution in [-0.4, -0.2) is 20.9 Å². The van der Waals surface area contributed by atoms with E-state index in [0.29, 0.717) is 36.8 Å². The SMILES string of the molecule is Cc1csc(Cc2noc(CC3CCCCC3=O)n2)n1. The summed E-state index contributed by atoms with van der Waals surface area (Å²) in [5, 5.41) is 6.98. The first-order valence-corrected chi connectivity index (χ1v) is 7.84. The lowest BCUT2D eigenvalue weighted by atomic mass is 9.86. The fourth-order valence-electron chi connectivity index (χ4n) is 2.55. The molecular formula is C14H17N3O2S. The molecule has 0 spiro atoms. The van der Waals surface area contributed by atoms with Crippen molar-refractivity contribution in [2.75, 3.05) is 0 Å². The summed E-state index contributed by atoms with van der Waals surface area (Å²) < 4.78 is 5.26. The highest BCUT2D eigenvalue weighted by Gasteiger charge is 2.24. The number of nitrogens with zero attached hydrogens (tertiary/aromatic N) is 3. The zero-order chi connectivity index (χ0) is 13.9. The Labute approximate surface area is 121 Å². The fourth-order valence-corrected chi connectivity index (χ4v) is 3.31. The van der Waals surface area contributed by atoms with Gasteiger partial charge in [-0.1, -0.05) is 11.6 Å². The number of ketones is 1. The predicted molar refractivity (Wildman–Crippen MR) is 74.6 cm³/mol. The molecule has 1 aliphatic carbocycles. The van der Waals surface area contributed by atoms with Crippen molar-refractivity contribution in [2.24, 2.45) is 5.92 Å². The second kappa shape index (κ2) is 5.83. The summed E-state index contributed by atoms with van der Waals surface area (Å²) >= 11 is 1.60. The molecule has 6 heteroatoms. The second-order valence-corrected chi connectivity index (χ2v) is 6.22. The van der Waals surface area contributed by atoms with Crippen LogP contribution in [0.1, 0.15) is 48.1 Å². The maximum absolute atomic E-state index is 11.8. The molecule has 1 fully saturated rings. The third-order valence-electron chi connectivity index (χ3n) is 3.59.